The van der Waals surface area contributed by atoms with Crippen LogP contribution in [0.4, 0.5) is 11.4 Å². The molecule has 0 aromatic heterocycles. The summed E-state index contributed by atoms with van der Waals surface area (Å²) in [4.78, 5) is 21.3. The van der Waals surface area contributed by atoms with Crippen LogP contribution in [-0.4, -0.2) is 23.1 Å². The van der Waals surface area contributed by atoms with Crippen LogP contribution < -0.4 is 9.47 Å². The molecule has 0 unspecified atom stereocenters. The second kappa shape index (κ2) is 8.01. The number of nitro benzene ring substituents is 2. The fraction of sp³-hybridized carbons (Fsp3) is 0.294. The van der Waals surface area contributed by atoms with Gasteiger partial charge in [-0.15, -0.1) is 0 Å². The molecule has 138 valence electrons. The van der Waals surface area contributed by atoms with Gasteiger partial charge in [-0.05, 0) is 44.0 Å². The van der Waals surface area contributed by atoms with Crippen LogP contribution >= 0.6 is 11.6 Å². The van der Waals surface area contributed by atoms with Gasteiger partial charge in [0.25, 0.3) is 0 Å². The Morgan fingerprint density at radius 1 is 0.962 bits per heavy atom. The smallest absolute Gasteiger partial charge is 0.315 e. The topological polar surface area (TPSA) is 105 Å². The van der Waals surface area contributed by atoms with Gasteiger partial charge in [0.2, 0.25) is 0 Å². The van der Waals surface area contributed by atoms with Gasteiger partial charge >= 0.3 is 11.4 Å². The third-order valence-electron chi connectivity index (χ3n) is 3.70. The zero-order valence-corrected chi connectivity index (χ0v) is 15.2. The van der Waals surface area contributed by atoms with E-state index in [1.165, 1.54) is 18.2 Å². The molecule has 0 heterocycles. The van der Waals surface area contributed by atoms with Crippen LogP contribution in [0.1, 0.15) is 16.7 Å². The van der Waals surface area contributed by atoms with Crippen molar-refractivity contribution in [2.45, 2.75) is 20.8 Å². The predicted octanol–water partition coefficient (Wildman–Crippen LogP) is 4.54. The van der Waals surface area contributed by atoms with E-state index in [1.54, 1.807) is 26.8 Å². The largest absolute Gasteiger partial charge is 0.483 e. The van der Waals surface area contributed by atoms with Crippen molar-refractivity contribution in [1.29, 1.82) is 0 Å². The van der Waals surface area contributed by atoms with E-state index >= 15 is 0 Å². The molecule has 0 aliphatic rings. The van der Waals surface area contributed by atoms with Crippen LogP contribution in [-0.2, 0) is 0 Å². The van der Waals surface area contributed by atoms with Crippen LogP contribution in [0.15, 0.2) is 24.3 Å². The molecular weight excluding hydrogens is 364 g/mol. The number of hydrogen-bond donors (Lipinski definition) is 0. The molecular formula is C17H17ClN2O6. The highest BCUT2D eigenvalue weighted by molar-refractivity contribution is 6.32. The third-order valence-corrected chi connectivity index (χ3v) is 4.29. The molecule has 0 aliphatic heterocycles. The number of nitro groups is 2. The molecule has 0 radical (unpaired) electrons. The number of nitrogens with zero attached hydrogens (tertiary/aromatic N) is 2. The lowest BCUT2D eigenvalue weighted by Gasteiger charge is -2.12. The second-order valence-electron chi connectivity index (χ2n) is 5.66. The Hall–Kier alpha value is -2.87. The van der Waals surface area contributed by atoms with E-state index in [9.17, 15) is 20.2 Å². The van der Waals surface area contributed by atoms with Gasteiger partial charge in [-0.3, -0.25) is 20.2 Å². The molecule has 2 aromatic rings. The summed E-state index contributed by atoms with van der Waals surface area (Å²) in [5.41, 5.74) is 1.36. The van der Waals surface area contributed by atoms with Crippen molar-refractivity contribution < 1.29 is 19.3 Å². The molecule has 0 saturated heterocycles. The third kappa shape index (κ3) is 4.20. The average Bonchev–Trinajstić information content (AvgIpc) is 2.57. The molecule has 0 bridgehead atoms. The Morgan fingerprint density at radius 3 is 2.15 bits per heavy atom. The predicted molar refractivity (Wildman–Crippen MR) is 96.4 cm³/mol. The molecule has 0 aliphatic carbocycles. The van der Waals surface area contributed by atoms with Crippen LogP contribution in [0.2, 0.25) is 5.02 Å². The van der Waals surface area contributed by atoms with Gasteiger partial charge in [0.1, 0.15) is 13.2 Å². The minimum atomic E-state index is -0.554. The minimum Gasteiger partial charge on any atom is -0.483 e. The molecule has 0 atom stereocenters. The molecule has 8 nitrogen and oxygen atoms in total. The molecule has 0 amide bonds. The van der Waals surface area contributed by atoms with Crippen LogP contribution in [0.3, 0.4) is 0 Å². The Labute approximate surface area is 154 Å². The Balaban J connectivity index is 2.10. The van der Waals surface area contributed by atoms with E-state index < -0.39 is 9.85 Å². The summed E-state index contributed by atoms with van der Waals surface area (Å²) >= 11 is 6.05. The average molecular weight is 381 g/mol. The number of aryl methyl sites for hydroxylation is 2. The van der Waals surface area contributed by atoms with E-state index in [1.807, 2.05) is 0 Å². The maximum Gasteiger partial charge on any atom is 0.315 e. The molecule has 26 heavy (non-hydrogen) atoms. The van der Waals surface area contributed by atoms with Gasteiger partial charge in [-0.2, -0.15) is 0 Å². The first-order chi connectivity index (χ1) is 12.2. The normalized spacial score (nSPS) is 10.5. The molecule has 0 spiro atoms. The summed E-state index contributed by atoms with van der Waals surface area (Å²) in [6, 6.07) is 6.10. The quantitative estimate of drug-likeness (QED) is 0.396. The second-order valence-corrected chi connectivity index (χ2v) is 6.04. The van der Waals surface area contributed by atoms with Crippen molar-refractivity contribution in [1.82, 2.24) is 0 Å². The van der Waals surface area contributed by atoms with Gasteiger partial charge in [0.15, 0.2) is 11.5 Å². The zero-order valence-electron chi connectivity index (χ0n) is 14.4. The summed E-state index contributed by atoms with van der Waals surface area (Å²) in [5, 5.41) is 22.6. The lowest BCUT2D eigenvalue weighted by molar-refractivity contribution is -0.386. The van der Waals surface area contributed by atoms with E-state index in [-0.39, 0.29) is 36.1 Å². The van der Waals surface area contributed by atoms with Gasteiger partial charge in [-0.25, -0.2) is 0 Å². The van der Waals surface area contributed by atoms with Gasteiger partial charge in [0.05, 0.1) is 14.9 Å². The lowest BCUT2D eigenvalue weighted by Crippen LogP contribution is -2.11. The maximum atomic E-state index is 11.3. The van der Waals surface area contributed by atoms with E-state index in [0.717, 1.165) is 5.56 Å². The van der Waals surface area contributed by atoms with Crippen LogP contribution in [0.25, 0.3) is 0 Å². The maximum absolute atomic E-state index is 11.3. The van der Waals surface area contributed by atoms with Crippen LogP contribution in [0.5, 0.6) is 11.5 Å². The summed E-state index contributed by atoms with van der Waals surface area (Å²) in [7, 11) is 0. The van der Waals surface area contributed by atoms with E-state index in [2.05, 4.69) is 0 Å². The number of ether oxygens (including phenoxy) is 2. The van der Waals surface area contributed by atoms with E-state index in [4.69, 9.17) is 21.1 Å². The number of hydrogen-bond acceptors (Lipinski definition) is 6. The van der Waals surface area contributed by atoms with Crippen molar-refractivity contribution in [3.05, 3.63) is 66.2 Å². The first-order valence-corrected chi connectivity index (χ1v) is 8.05. The zero-order chi connectivity index (χ0) is 19.4. The van der Waals surface area contributed by atoms with Gasteiger partial charge in [0, 0.05) is 11.6 Å². The fourth-order valence-corrected chi connectivity index (χ4v) is 2.59. The van der Waals surface area contributed by atoms with Crippen molar-refractivity contribution in [2.75, 3.05) is 13.2 Å². The molecule has 0 saturated carbocycles. The first-order valence-electron chi connectivity index (χ1n) is 7.67. The summed E-state index contributed by atoms with van der Waals surface area (Å²) < 4.78 is 10.9. The van der Waals surface area contributed by atoms with Crippen molar-refractivity contribution in [3.63, 3.8) is 0 Å². The number of rotatable bonds is 7. The van der Waals surface area contributed by atoms with Gasteiger partial charge in [-0.1, -0.05) is 17.7 Å². The SMILES string of the molecule is Cc1ccc(OCCOc2cc(C)c(Cl)c(C)c2[N+](=O)[O-])c([N+](=O)[O-])c1. The minimum absolute atomic E-state index is 0.0121. The highest BCUT2D eigenvalue weighted by Gasteiger charge is 2.23. The monoisotopic (exact) mass is 380 g/mol. The summed E-state index contributed by atoms with van der Waals surface area (Å²) in [6.45, 7) is 4.98. The summed E-state index contributed by atoms with van der Waals surface area (Å²) in [5.74, 6) is 0.193. The standard InChI is InChI=1S/C17H17ClN2O6/c1-10-4-5-14(13(8-10)19(21)22)25-6-7-26-15-9-11(2)16(18)12(3)17(15)20(23)24/h4-5,8-9H,6-7H2,1-3H3. The van der Waals surface area contributed by atoms with Crippen LogP contribution in [0, 0.1) is 41.0 Å². The molecule has 2 rings (SSSR count). The molecule has 2 aromatic carbocycles. The highest BCUT2D eigenvalue weighted by atomic mass is 35.5. The molecule has 0 fully saturated rings. The molecule has 9 heteroatoms. The number of benzene rings is 2. The summed E-state index contributed by atoms with van der Waals surface area (Å²) in [6.07, 6.45) is 0. The number of halogens is 1. The van der Waals surface area contributed by atoms with E-state index in [0.29, 0.717) is 16.1 Å². The Bertz CT molecular complexity index is 869. The van der Waals surface area contributed by atoms with Gasteiger partial charge < -0.3 is 9.47 Å². The van der Waals surface area contributed by atoms with Crippen molar-refractivity contribution in [3.8, 4) is 11.5 Å². The highest BCUT2D eigenvalue weighted by Crippen LogP contribution is 2.37. The van der Waals surface area contributed by atoms with Crippen molar-refractivity contribution >= 4 is 23.0 Å². The fourth-order valence-electron chi connectivity index (χ4n) is 2.45. The molecule has 0 N–H and O–H groups in total. The lowest BCUT2D eigenvalue weighted by atomic mass is 10.1. The van der Waals surface area contributed by atoms with Crippen molar-refractivity contribution in [2.24, 2.45) is 0 Å². The first kappa shape index (κ1) is 19.5. The Morgan fingerprint density at radius 2 is 1.58 bits per heavy atom. The Kier molecular flexibility index (Phi) is 5.99.